The molecule has 2 aromatic heterocycles. The highest BCUT2D eigenvalue weighted by Gasteiger charge is 2.27. The van der Waals surface area contributed by atoms with Gasteiger partial charge in [-0.15, -0.1) is 11.3 Å². The minimum absolute atomic E-state index is 0.0849. The summed E-state index contributed by atoms with van der Waals surface area (Å²) < 4.78 is 2.38. The zero-order valence-corrected chi connectivity index (χ0v) is 22.4. The van der Waals surface area contributed by atoms with Gasteiger partial charge in [-0.2, -0.15) is 0 Å². The van der Waals surface area contributed by atoms with Crippen LogP contribution in [0.5, 0.6) is 0 Å². The number of aliphatic imine (C=N–C) groups is 1. The number of rotatable bonds is 6. The molecule has 5 heteroatoms. The second kappa shape index (κ2) is 10.7. The average Bonchev–Trinajstić information content (AvgIpc) is 3.43. The number of hydrogen-bond donors (Lipinski definition) is 1. The lowest BCUT2D eigenvalue weighted by Crippen LogP contribution is -2.36. The van der Waals surface area contributed by atoms with Crippen LogP contribution in [0.15, 0.2) is 59.6 Å². The fourth-order valence-corrected chi connectivity index (χ4v) is 7.33. The summed E-state index contributed by atoms with van der Waals surface area (Å²) in [5.74, 6) is 0.0849. The number of hydrogen-bond acceptors (Lipinski definition) is 3. The molecule has 1 saturated carbocycles. The van der Waals surface area contributed by atoms with Crippen molar-refractivity contribution in [2.75, 3.05) is 0 Å². The van der Waals surface area contributed by atoms with Crippen LogP contribution >= 0.6 is 11.3 Å². The monoisotopic (exact) mass is 509 g/mol. The summed E-state index contributed by atoms with van der Waals surface area (Å²) in [7, 11) is 0. The van der Waals surface area contributed by atoms with E-state index in [4.69, 9.17) is 4.99 Å². The number of fused-ring (bicyclic) bond motifs is 2. The topological polar surface area (TPSA) is 46.4 Å². The van der Waals surface area contributed by atoms with E-state index < -0.39 is 0 Å². The molecular weight excluding hydrogens is 474 g/mol. The highest BCUT2D eigenvalue weighted by molar-refractivity contribution is 7.16. The van der Waals surface area contributed by atoms with Crippen molar-refractivity contribution in [3.8, 4) is 0 Å². The molecule has 190 valence electrons. The molecule has 0 unspecified atom stereocenters. The van der Waals surface area contributed by atoms with Crippen LogP contribution in [-0.4, -0.2) is 22.7 Å². The van der Waals surface area contributed by atoms with Crippen molar-refractivity contribution in [3.63, 3.8) is 0 Å². The summed E-state index contributed by atoms with van der Waals surface area (Å²) in [6, 6.07) is 19.5. The minimum atomic E-state index is 0.0849. The van der Waals surface area contributed by atoms with Gasteiger partial charge in [0.25, 0.3) is 5.91 Å². The van der Waals surface area contributed by atoms with Crippen LogP contribution in [0, 0.1) is 6.92 Å². The lowest BCUT2D eigenvalue weighted by Gasteiger charge is -2.23. The number of benzene rings is 2. The van der Waals surface area contributed by atoms with Crippen LogP contribution in [0.25, 0.3) is 10.9 Å². The molecule has 2 heterocycles. The van der Waals surface area contributed by atoms with Gasteiger partial charge < -0.3 is 9.88 Å². The molecule has 1 amide bonds. The van der Waals surface area contributed by atoms with E-state index in [1.54, 1.807) is 11.3 Å². The minimum Gasteiger partial charge on any atom is -0.349 e. The second-order valence-corrected chi connectivity index (χ2v) is 11.6. The summed E-state index contributed by atoms with van der Waals surface area (Å²) in [4.78, 5) is 20.0. The summed E-state index contributed by atoms with van der Waals surface area (Å²) in [6.45, 7) is 3.00. The molecule has 4 nitrogen and oxygen atoms in total. The summed E-state index contributed by atoms with van der Waals surface area (Å²) in [6.07, 6.45) is 12.3. The summed E-state index contributed by atoms with van der Waals surface area (Å²) >= 11 is 1.73. The molecule has 1 N–H and O–H groups in total. The predicted octanol–water partition coefficient (Wildman–Crippen LogP) is 7.75. The molecule has 0 atom stereocenters. The van der Waals surface area contributed by atoms with Gasteiger partial charge in [-0.1, -0.05) is 67.8 Å². The maximum atomic E-state index is 13.6. The fourth-order valence-electron chi connectivity index (χ4n) is 6.09. The van der Waals surface area contributed by atoms with Crippen molar-refractivity contribution in [1.82, 2.24) is 9.88 Å². The number of aryl methyl sites for hydroxylation is 1. The van der Waals surface area contributed by atoms with Crippen molar-refractivity contribution in [1.29, 1.82) is 0 Å². The molecule has 2 aliphatic rings. The molecule has 0 spiro atoms. The Labute approximate surface area is 223 Å². The third kappa shape index (κ3) is 4.89. The van der Waals surface area contributed by atoms with Crippen LogP contribution in [0.4, 0.5) is 5.00 Å². The van der Waals surface area contributed by atoms with Gasteiger partial charge in [0.05, 0.1) is 5.56 Å². The standard InChI is InChI=1S/C32H35N3OS/c1-22-27(25-16-8-10-18-28(25)35(22)21-23-12-4-2-5-13-23)20-33-32-30(26-17-9-11-19-29(26)37-32)31(36)34-24-14-6-3-7-15-24/h2,4-5,8,10,12-13,16,18,20,24H,3,6-7,9,11,14-15,17,19,21H2,1H3,(H,34,36)/b33-20+. The molecular formula is C32H35N3OS. The highest BCUT2D eigenvalue weighted by atomic mass is 32.1. The Morgan fingerprint density at radius 2 is 1.76 bits per heavy atom. The predicted molar refractivity (Wildman–Crippen MR) is 155 cm³/mol. The van der Waals surface area contributed by atoms with Gasteiger partial charge in [0.15, 0.2) is 0 Å². The third-order valence-corrected chi connectivity index (χ3v) is 9.29. The molecule has 0 aliphatic heterocycles. The van der Waals surface area contributed by atoms with Gasteiger partial charge in [-0.05, 0) is 62.6 Å². The Morgan fingerprint density at radius 3 is 2.59 bits per heavy atom. The van der Waals surface area contributed by atoms with Crippen molar-refractivity contribution in [2.45, 2.75) is 77.3 Å². The molecule has 2 aliphatic carbocycles. The van der Waals surface area contributed by atoms with E-state index in [1.165, 1.54) is 58.3 Å². The normalized spacial score (nSPS) is 16.4. The number of carbonyl (C=O) groups excluding carboxylic acids is 1. The van der Waals surface area contributed by atoms with Crippen molar-refractivity contribution in [2.24, 2.45) is 4.99 Å². The number of aromatic nitrogens is 1. The molecule has 1 fully saturated rings. The Kier molecular flexibility index (Phi) is 6.97. The first-order valence-corrected chi connectivity index (χ1v) is 14.6. The number of nitrogens with one attached hydrogen (secondary N) is 1. The molecule has 6 rings (SSSR count). The first-order valence-electron chi connectivity index (χ1n) is 13.8. The van der Waals surface area contributed by atoms with E-state index in [1.807, 2.05) is 6.21 Å². The van der Waals surface area contributed by atoms with Crippen LogP contribution in [-0.2, 0) is 19.4 Å². The first-order chi connectivity index (χ1) is 18.2. The number of thiophene rings is 1. The molecule has 2 aromatic carbocycles. The zero-order valence-electron chi connectivity index (χ0n) is 21.6. The second-order valence-electron chi connectivity index (χ2n) is 10.5. The molecule has 0 radical (unpaired) electrons. The van der Waals surface area contributed by atoms with Gasteiger partial charge in [0.1, 0.15) is 5.00 Å². The van der Waals surface area contributed by atoms with Gasteiger partial charge in [-0.25, -0.2) is 4.99 Å². The Balaban J connectivity index is 1.37. The van der Waals surface area contributed by atoms with E-state index in [-0.39, 0.29) is 5.91 Å². The quantitative estimate of drug-likeness (QED) is 0.265. The average molecular weight is 510 g/mol. The lowest BCUT2D eigenvalue weighted by molar-refractivity contribution is 0.0927. The first kappa shape index (κ1) is 24.2. The Morgan fingerprint density at radius 1 is 1.00 bits per heavy atom. The van der Waals surface area contributed by atoms with E-state index in [0.717, 1.165) is 54.8 Å². The lowest BCUT2D eigenvalue weighted by atomic mass is 9.93. The molecule has 4 aromatic rings. The van der Waals surface area contributed by atoms with Crippen molar-refractivity contribution < 1.29 is 4.79 Å². The smallest absolute Gasteiger partial charge is 0.254 e. The van der Waals surface area contributed by atoms with E-state index in [2.05, 4.69) is 71.4 Å². The third-order valence-electron chi connectivity index (χ3n) is 8.09. The number of nitrogens with zero attached hydrogens (tertiary/aromatic N) is 2. The Bertz CT molecular complexity index is 1440. The number of carbonyl (C=O) groups is 1. The van der Waals surface area contributed by atoms with Gasteiger partial charge in [-0.3, -0.25) is 4.79 Å². The van der Waals surface area contributed by atoms with Crippen LogP contribution < -0.4 is 5.32 Å². The van der Waals surface area contributed by atoms with Crippen molar-refractivity contribution >= 4 is 39.4 Å². The largest absolute Gasteiger partial charge is 0.349 e. The molecule has 0 saturated heterocycles. The number of amides is 1. The van der Waals surface area contributed by atoms with E-state index in [0.29, 0.717) is 6.04 Å². The SMILES string of the molecule is Cc1c(/C=N/c2sc3c(c2C(=O)NC2CCCCC2)CCCC3)c2ccccc2n1Cc1ccccc1. The summed E-state index contributed by atoms with van der Waals surface area (Å²) in [5, 5.41) is 5.45. The van der Waals surface area contributed by atoms with Gasteiger partial charge in [0, 0.05) is 45.8 Å². The van der Waals surface area contributed by atoms with Gasteiger partial charge in [0.2, 0.25) is 0 Å². The van der Waals surface area contributed by atoms with Gasteiger partial charge >= 0.3 is 0 Å². The van der Waals surface area contributed by atoms with Crippen molar-refractivity contribution in [3.05, 3.63) is 87.4 Å². The van der Waals surface area contributed by atoms with E-state index >= 15 is 0 Å². The number of para-hydroxylation sites is 1. The molecule has 0 bridgehead atoms. The van der Waals surface area contributed by atoms with Crippen LogP contribution in [0.3, 0.4) is 0 Å². The zero-order chi connectivity index (χ0) is 25.2. The fraction of sp³-hybridized carbons (Fsp3) is 0.375. The summed E-state index contributed by atoms with van der Waals surface area (Å²) in [5.41, 5.74) is 6.92. The maximum Gasteiger partial charge on any atom is 0.254 e. The van der Waals surface area contributed by atoms with E-state index in [9.17, 15) is 4.79 Å². The maximum absolute atomic E-state index is 13.6. The van der Waals surface area contributed by atoms with Crippen LogP contribution in [0.2, 0.25) is 0 Å². The Hall–Kier alpha value is -3.18. The van der Waals surface area contributed by atoms with Crippen LogP contribution in [0.1, 0.15) is 82.6 Å². The highest BCUT2D eigenvalue weighted by Crippen LogP contribution is 2.40. The molecule has 37 heavy (non-hydrogen) atoms.